The molecule has 1 radical (unpaired) electrons. The van der Waals surface area contributed by atoms with E-state index in [1.807, 2.05) is 0 Å². The fourth-order valence-corrected chi connectivity index (χ4v) is 0. The van der Waals surface area contributed by atoms with Crippen molar-refractivity contribution in [3.05, 3.63) is 0 Å². The molecule has 0 aromatic heterocycles. The van der Waals surface area contributed by atoms with Crippen molar-refractivity contribution in [3.8, 4) is 0 Å². The van der Waals surface area contributed by atoms with Gasteiger partial charge >= 0.3 is 38.7 Å². The Morgan fingerprint density at radius 2 is 1.22 bits per heavy atom. The standard InChI is InChI=1S/Au.Na.H2O3S2.2H2O.H/c;;1-5(2,3)4;;;/h;;(H2,1,2,3,4);2*1H2;. The third-order valence-electron chi connectivity index (χ3n) is 0. The maximum absolute atomic E-state index is 9.05. The molecule has 9 heavy (non-hydrogen) atoms. The maximum atomic E-state index is 9.05. The van der Waals surface area contributed by atoms with Crippen molar-refractivity contribution in [2.45, 2.75) is 0 Å². The Hall–Kier alpha value is 1.92. The van der Waals surface area contributed by atoms with Crippen molar-refractivity contribution in [3.63, 3.8) is 0 Å². The van der Waals surface area contributed by atoms with Crippen molar-refractivity contribution in [1.29, 1.82) is 0 Å². The van der Waals surface area contributed by atoms with E-state index in [9.17, 15) is 0 Å². The Morgan fingerprint density at radius 1 is 1.22 bits per heavy atom. The van der Waals surface area contributed by atoms with Gasteiger partial charge in [-0.3, -0.25) is 4.55 Å². The van der Waals surface area contributed by atoms with Gasteiger partial charge in [0.1, 0.15) is 0 Å². The molecule has 0 saturated carbocycles. The average molecular weight is 371 g/mol. The summed E-state index contributed by atoms with van der Waals surface area (Å²) in [6, 6.07) is 0. The summed E-state index contributed by atoms with van der Waals surface area (Å²) >= 11 is 2.65. The fraction of sp³-hybridized carbons (Fsp3) is 0. The topological polar surface area (TPSA) is 117 Å². The molecular weight excluding hydrogens is 364 g/mol. The van der Waals surface area contributed by atoms with Crippen LogP contribution in [0.2, 0.25) is 0 Å². The van der Waals surface area contributed by atoms with Crippen LogP contribution in [0.25, 0.3) is 0 Å². The van der Waals surface area contributed by atoms with Crippen molar-refractivity contribution in [2.75, 3.05) is 0 Å². The van der Waals surface area contributed by atoms with Crippen LogP contribution in [-0.4, -0.2) is 53.5 Å². The summed E-state index contributed by atoms with van der Waals surface area (Å²) in [6.45, 7) is 0. The van der Waals surface area contributed by atoms with Crippen LogP contribution in [0.4, 0.5) is 0 Å². The molecule has 0 aliphatic carbocycles. The average Bonchev–Trinajstić information content (AvgIpc) is 0.722. The Kier molecular flexibility index (Phi) is 42.9. The van der Waals surface area contributed by atoms with Crippen LogP contribution in [0.3, 0.4) is 0 Å². The fourth-order valence-electron chi connectivity index (χ4n) is 0. The molecule has 0 amide bonds. The molecule has 0 aliphatic rings. The van der Waals surface area contributed by atoms with Crippen molar-refractivity contribution >= 4 is 50.4 Å². The van der Waals surface area contributed by atoms with Gasteiger partial charge < -0.3 is 11.0 Å². The normalized spacial score (nSPS) is 6.44. The molecule has 0 rings (SSSR count). The first kappa shape index (κ1) is 30.7. The molecule has 0 bridgehead atoms. The predicted molar refractivity (Wildman–Crippen MR) is 34.9 cm³/mol. The van der Waals surface area contributed by atoms with Crippen LogP contribution in [0.1, 0.15) is 0 Å². The summed E-state index contributed by atoms with van der Waals surface area (Å²) < 4.78 is 25.5. The number of hydrogen-bond acceptors (Lipinski definition) is 2. The van der Waals surface area contributed by atoms with E-state index in [-0.39, 0.29) is 62.9 Å². The summed E-state index contributed by atoms with van der Waals surface area (Å²) in [5.41, 5.74) is 0. The minimum atomic E-state index is -3.97. The molecule has 0 spiro atoms. The van der Waals surface area contributed by atoms with Gasteiger partial charge in [0.15, 0.2) is 0 Å². The Morgan fingerprint density at radius 3 is 1.22 bits per heavy atom. The number of thiol groups is 1. The second kappa shape index (κ2) is 12.6. The molecule has 0 aromatic rings. The van der Waals surface area contributed by atoms with E-state index >= 15 is 0 Å². The summed E-state index contributed by atoms with van der Waals surface area (Å²) in [7, 11) is -3.97. The van der Waals surface area contributed by atoms with Gasteiger partial charge in [0.05, 0.1) is 0 Å². The zero-order valence-electron chi connectivity index (χ0n) is 3.42. The van der Waals surface area contributed by atoms with Gasteiger partial charge in [0.25, 0.3) is 0 Å². The molecule has 0 atom stereocenters. The molecule has 0 heterocycles. The SMILES string of the molecule is O.O.O=S(=O)(O)S.[Au].[NaH]. The van der Waals surface area contributed by atoms with Gasteiger partial charge in [-0.05, 0) is 11.7 Å². The Labute approximate surface area is 95.6 Å². The monoisotopic (exact) mass is 371 g/mol. The molecule has 61 valence electrons. The Bertz CT molecular complexity index is 98.1. The molecule has 0 aliphatic heterocycles. The summed E-state index contributed by atoms with van der Waals surface area (Å²) in [5, 5.41) is 0. The van der Waals surface area contributed by atoms with Crippen LogP contribution in [-0.2, 0) is 31.5 Å². The van der Waals surface area contributed by atoms with Gasteiger partial charge in [-0.2, -0.15) is 8.42 Å². The Balaban J connectivity index is -0.0000000133. The van der Waals surface area contributed by atoms with Gasteiger partial charge in [-0.25, -0.2) is 0 Å². The van der Waals surface area contributed by atoms with Gasteiger partial charge in [-0.15, -0.1) is 0 Å². The predicted octanol–water partition coefficient (Wildman–Crippen LogP) is -2.58. The molecule has 9 heteroatoms. The van der Waals surface area contributed by atoms with E-state index in [0.717, 1.165) is 0 Å². The van der Waals surface area contributed by atoms with Crippen molar-refractivity contribution in [2.24, 2.45) is 0 Å². The summed E-state index contributed by atoms with van der Waals surface area (Å²) in [5.74, 6) is 0. The van der Waals surface area contributed by atoms with E-state index in [1.165, 1.54) is 0 Å². The summed E-state index contributed by atoms with van der Waals surface area (Å²) in [4.78, 5) is 0. The summed E-state index contributed by atoms with van der Waals surface area (Å²) in [6.07, 6.45) is 0. The van der Waals surface area contributed by atoms with Crippen LogP contribution < -0.4 is 0 Å². The van der Waals surface area contributed by atoms with E-state index in [1.54, 1.807) is 0 Å². The number of rotatable bonds is 0. The zero-order chi connectivity index (χ0) is 4.50. The second-order valence-electron chi connectivity index (χ2n) is 0.448. The minimum absolute atomic E-state index is 0. The van der Waals surface area contributed by atoms with E-state index in [2.05, 4.69) is 11.7 Å². The van der Waals surface area contributed by atoms with E-state index in [0.29, 0.717) is 0 Å². The molecule has 5 N–H and O–H groups in total. The third kappa shape index (κ3) is 169. The molecule has 5 nitrogen and oxygen atoms in total. The molecule has 0 fully saturated rings. The van der Waals surface area contributed by atoms with E-state index < -0.39 is 9.15 Å². The third-order valence-corrected chi connectivity index (χ3v) is 0. The van der Waals surface area contributed by atoms with Crippen LogP contribution in [0, 0.1) is 0 Å². The van der Waals surface area contributed by atoms with Gasteiger partial charge in [0.2, 0.25) is 0 Å². The molecular formula is H7AuNaO5S2. The van der Waals surface area contributed by atoms with Gasteiger partial charge in [0, 0.05) is 22.4 Å². The number of hydrogen-bond donors (Lipinski definition) is 2. The van der Waals surface area contributed by atoms with Crippen LogP contribution >= 0.6 is 11.7 Å². The van der Waals surface area contributed by atoms with Crippen LogP contribution in [0.5, 0.6) is 0 Å². The second-order valence-corrected chi connectivity index (χ2v) is 2.73. The quantitative estimate of drug-likeness (QED) is 0.211. The molecule has 0 unspecified atom stereocenters. The van der Waals surface area contributed by atoms with Crippen molar-refractivity contribution < 1.29 is 46.3 Å². The molecule has 0 saturated heterocycles. The van der Waals surface area contributed by atoms with Crippen LogP contribution in [0.15, 0.2) is 0 Å². The first-order chi connectivity index (χ1) is 2.00. The molecule has 0 aromatic carbocycles. The van der Waals surface area contributed by atoms with E-state index in [4.69, 9.17) is 13.0 Å². The van der Waals surface area contributed by atoms with Gasteiger partial charge in [-0.1, -0.05) is 0 Å². The zero-order valence-corrected chi connectivity index (χ0v) is 7.30. The van der Waals surface area contributed by atoms with Crippen molar-refractivity contribution in [1.82, 2.24) is 0 Å². The first-order valence-electron chi connectivity index (χ1n) is 0.698. The first-order valence-corrected chi connectivity index (χ1v) is 3.19.